The fourth-order valence-corrected chi connectivity index (χ4v) is 1.35. The minimum Gasteiger partial charge on any atom is -0.395 e. The predicted octanol–water partition coefficient (Wildman–Crippen LogP) is 0.597. The highest BCUT2D eigenvalue weighted by Gasteiger charge is 2.16. The summed E-state index contributed by atoms with van der Waals surface area (Å²) in [6, 6.07) is 1.66. The lowest BCUT2D eigenvalue weighted by Crippen LogP contribution is -2.16. The van der Waals surface area contributed by atoms with Crippen molar-refractivity contribution >= 4 is 17.5 Å². The molecule has 2 heterocycles. The van der Waals surface area contributed by atoms with Crippen molar-refractivity contribution in [3.05, 3.63) is 29.8 Å². The van der Waals surface area contributed by atoms with E-state index in [-0.39, 0.29) is 11.6 Å². The molecular weight excluding hydrogens is 220 g/mol. The Kier molecular flexibility index (Phi) is 2.99. The largest absolute Gasteiger partial charge is 0.395 e. The van der Waals surface area contributed by atoms with Gasteiger partial charge in [0.1, 0.15) is 0 Å². The van der Waals surface area contributed by atoms with Crippen LogP contribution in [0.25, 0.3) is 0 Å². The van der Waals surface area contributed by atoms with Gasteiger partial charge in [0.2, 0.25) is 5.95 Å². The van der Waals surface area contributed by atoms with E-state index in [0.717, 1.165) is 5.69 Å². The number of nitrogen functional groups attached to an aromatic ring is 1. The van der Waals surface area contributed by atoms with Gasteiger partial charge in [0.05, 0.1) is 11.4 Å². The number of rotatable bonds is 3. The third-order valence-electron chi connectivity index (χ3n) is 2.24. The molecule has 0 aromatic carbocycles. The molecule has 0 aliphatic rings. The first-order valence-electron chi connectivity index (χ1n) is 5.13. The molecule has 2 aromatic heterocycles. The second-order valence-electron chi connectivity index (χ2n) is 3.34. The highest BCUT2D eigenvalue weighted by atomic mass is 16.2. The Morgan fingerprint density at radius 2 is 2.18 bits per heavy atom. The Morgan fingerprint density at radius 1 is 1.47 bits per heavy atom. The molecule has 0 atom stereocenters. The SMILES string of the molecule is CCc1[nH]nc(C(=O)Nc2ncccn2)c1N. The zero-order valence-electron chi connectivity index (χ0n) is 9.27. The number of aromatic nitrogens is 4. The molecule has 0 bridgehead atoms. The Labute approximate surface area is 97.5 Å². The van der Waals surface area contributed by atoms with Crippen molar-refractivity contribution in [3.8, 4) is 0 Å². The fourth-order valence-electron chi connectivity index (χ4n) is 1.35. The van der Waals surface area contributed by atoms with Crippen LogP contribution in [-0.2, 0) is 6.42 Å². The summed E-state index contributed by atoms with van der Waals surface area (Å²) in [5, 5.41) is 9.09. The summed E-state index contributed by atoms with van der Waals surface area (Å²) in [6.45, 7) is 1.92. The monoisotopic (exact) mass is 232 g/mol. The standard InChI is InChI=1S/C10H12N6O/c1-2-6-7(11)8(16-15-6)9(17)14-10-12-4-3-5-13-10/h3-5H,2,11H2,1H3,(H,15,16)(H,12,13,14,17). The highest BCUT2D eigenvalue weighted by Crippen LogP contribution is 2.15. The molecule has 88 valence electrons. The molecule has 0 radical (unpaired) electrons. The zero-order chi connectivity index (χ0) is 12.3. The third-order valence-corrected chi connectivity index (χ3v) is 2.24. The molecule has 0 unspecified atom stereocenters. The van der Waals surface area contributed by atoms with E-state index in [2.05, 4.69) is 25.5 Å². The lowest BCUT2D eigenvalue weighted by atomic mass is 10.2. The molecule has 0 saturated carbocycles. The molecule has 2 aromatic rings. The van der Waals surface area contributed by atoms with Gasteiger partial charge in [-0.15, -0.1) is 0 Å². The summed E-state index contributed by atoms with van der Waals surface area (Å²) < 4.78 is 0. The average Bonchev–Trinajstić information content (AvgIpc) is 2.71. The van der Waals surface area contributed by atoms with Gasteiger partial charge in [0.15, 0.2) is 5.69 Å². The van der Waals surface area contributed by atoms with E-state index in [9.17, 15) is 4.79 Å². The van der Waals surface area contributed by atoms with E-state index in [1.54, 1.807) is 6.07 Å². The molecule has 17 heavy (non-hydrogen) atoms. The van der Waals surface area contributed by atoms with Crippen LogP contribution in [0.4, 0.5) is 11.6 Å². The minimum absolute atomic E-state index is 0.161. The second kappa shape index (κ2) is 4.60. The van der Waals surface area contributed by atoms with E-state index >= 15 is 0 Å². The number of hydrogen-bond acceptors (Lipinski definition) is 5. The lowest BCUT2D eigenvalue weighted by Gasteiger charge is -2.01. The van der Waals surface area contributed by atoms with Gasteiger partial charge >= 0.3 is 0 Å². The maximum atomic E-state index is 11.8. The Morgan fingerprint density at radius 3 is 2.76 bits per heavy atom. The van der Waals surface area contributed by atoms with Crippen LogP contribution < -0.4 is 11.1 Å². The molecule has 0 aliphatic heterocycles. The number of hydrogen-bond donors (Lipinski definition) is 3. The molecular formula is C10H12N6O. The van der Waals surface area contributed by atoms with Crippen molar-refractivity contribution in [2.45, 2.75) is 13.3 Å². The lowest BCUT2D eigenvalue weighted by molar-refractivity contribution is 0.102. The van der Waals surface area contributed by atoms with Crippen LogP contribution in [0.1, 0.15) is 23.1 Å². The smallest absolute Gasteiger partial charge is 0.280 e. The molecule has 4 N–H and O–H groups in total. The van der Waals surface area contributed by atoms with Gasteiger partial charge in [-0.25, -0.2) is 9.97 Å². The normalized spacial score (nSPS) is 10.2. The van der Waals surface area contributed by atoms with Gasteiger partial charge < -0.3 is 5.73 Å². The van der Waals surface area contributed by atoms with Crippen molar-refractivity contribution in [3.63, 3.8) is 0 Å². The quantitative estimate of drug-likeness (QED) is 0.717. The second-order valence-corrected chi connectivity index (χ2v) is 3.34. The number of anilines is 2. The zero-order valence-corrected chi connectivity index (χ0v) is 9.27. The van der Waals surface area contributed by atoms with Gasteiger partial charge in [-0.05, 0) is 12.5 Å². The van der Waals surface area contributed by atoms with Gasteiger partial charge in [0.25, 0.3) is 5.91 Å². The van der Waals surface area contributed by atoms with E-state index in [1.165, 1.54) is 12.4 Å². The molecule has 0 aliphatic carbocycles. The maximum absolute atomic E-state index is 11.8. The topological polar surface area (TPSA) is 110 Å². The average molecular weight is 232 g/mol. The number of nitrogens with zero attached hydrogens (tertiary/aromatic N) is 3. The fraction of sp³-hybridized carbons (Fsp3) is 0.200. The first-order valence-corrected chi connectivity index (χ1v) is 5.13. The van der Waals surface area contributed by atoms with E-state index < -0.39 is 5.91 Å². The van der Waals surface area contributed by atoms with E-state index in [0.29, 0.717) is 12.1 Å². The first-order chi connectivity index (χ1) is 8.22. The summed E-state index contributed by atoms with van der Waals surface area (Å²) >= 11 is 0. The summed E-state index contributed by atoms with van der Waals surface area (Å²) in [5.74, 6) is -0.206. The number of carbonyl (C=O) groups is 1. The van der Waals surface area contributed by atoms with Crippen molar-refractivity contribution in [1.29, 1.82) is 0 Å². The van der Waals surface area contributed by atoms with Crippen molar-refractivity contribution in [1.82, 2.24) is 20.2 Å². The number of amides is 1. The Balaban J connectivity index is 2.18. The molecule has 7 heteroatoms. The molecule has 0 fully saturated rings. The van der Waals surface area contributed by atoms with E-state index in [1.807, 2.05) is 6.92 Å². The predicted molar refractivity (Wildman–Crippen MR) is 62.4 cm³/mol. The first kappa shape index (κ1) is 11.1. The molecule has 7 nitrogen and oxygen atoms in total. The van der Waals surface area contributed by atoms with Crippen LogP contribution in [0.3, 0.4) is 0 Å². The van der Waals surface area contributed by atoms with Gasteiger partial charge in [-0.3, -0.25) is 15.2 Å². The minimum atomic E-state index is -0.426. The molecule has 0 spiro atoms. The van der Waals surface area contributed by atoms with Crippen LogP contribution in [0, 0.1) is 0 Å². The van der Waals surface area contributed by atoms with Crippen LogP contribution in [-0.4, -0.2) is 26.1 Å². The number of aromatic amines is 1. The summed E-state index contributed by atoms with van der Waals surface area (Å²) in [5.41, 5.74) is 7.04. The van der Waals surface area contributed by atoms with Gasteiger partial charge in [-0.2, -0.15) is 5.10 Å². The molecule has 1 amide bonds. The highest BCUT2D eigenvalue weighted by molar-refractivity contribution is 6.05. The van der Waals surface area contributed by atoms with Crippen LogP contribution in [0.5, 0.6) is 0 Å². The Bertz CT molecular complexity index is 521. The van der Waals surface area contributed by atoms with Crippen LogP contribution in [0.15, 0.2) is 18.5 Å². The third kappa shape index (κ3) is 2.22. The van der Waals surface area contributed by atoms with Crippen LogP contribution >= 0.6 is 0 Å². The summed E-state index contributed by atoms with van der Waals surface area (Å²) in [6.07, 6.45) is 3.76. The van der Waals surface area contributed by atoms with Crippen molar-refractivity contribution in [2.75, 3.05) is 11.1 Å². The maximum Gasteiger partial charge on any atom is 0.280 e. The number of nitrogens with one attached hydrogen (secondary N) is 2. The van der Waals surface area contributed by atoms with Gasteiger partial charge in [-0.1, -0.05) is 6.92 Å². The number of H-pyrrole nitrogens is 1. The van der Waals surface area contributed by atoms with E-state index in [4.69, 9.17) is 5.73 Å². The number of carbonyl (C=O) groups excluding carboxylic acids is 1. The summed E-state index contributed by atoms with van der Waals surface area (Å²) in [4.78, 5) is 19.6. The molecule has 2 rings (SSSR count). The Hall–Kier alpha value is -2.44. The van der Waals surface area contributed by atoms with Crippen LogP contribution in [0.2, 0.25) is 0 Å². The summed E-state index contributed by atoms with van der Waals surface area (Å²) in [7, 11) is 0. The number of nitrogens with two attached hydrogens (primary N) is 1. The number of aryl methyl sites for hydroxylation is 1. The molecule has 0 saturated heterocycles. The van der Waals surface area contributed by atoms with Crippen molar-refractivity contribution < 1.29 is 4.79 Å². The van der Waals surface area contributed by atoms with Gasteiger partial charge in [0, 0.05) is 12.4 Å². The van der Waals surface area contributed by atoms with Crippen molar-refractivity contribution in [2.24, 2.45) is 0 Å².